The van der Waals surface area contributed by atoms with Gasteiger partial charge in [-0.05, 0) is 31.6 Å². The van der Waals surface area contributed by atoms with E-state index in [0.29, 0.717) is 12.3 Å². The van der Waals surface area contributed by atoms with Crippen molar-refractivity contribution >= 4 is 5.91 Å². The van der Waals surface area contributed by atoms with E-state index in [1.807, 2.05) is 11.9 Å². The highest BCUT2D eigenvalue weighted by Crippen LogP contribution is 2.31. The van der Waals surface area contributed by atoms with Crippen LogP contribution in [-0.4, -0.2) is 48.3 Å². The number of aliphatic hydroxyl groups is 1. The molecule has 2 rings (SSSR count). The Morgan fingerprint density at radius 1 is 1.26 bits per heavy atom. The summed E-state index contributed by atoms with van der Waals surface area (Å²) < 4.78 is 5.34. The van der Waals surface area contributed by atoms with Gasteiger partial charge in [0.2, 0.25) is 5.91 Å². The van der Waals surface area contributed by atoms with Crippen LogP contribution in [0.4, 0.5) is 0 Å². The monoisotopic (exact) mass is 269 g/mol. The summed E-state index contributed by atoms with van der Waals surface area (Å²) in [6.07, 6.45) is 7.24. The first-order chi connectivity index (χ1) is 9.09. The summed E-state index contributed by atoms with van der Waals surface area (Å²) in [6, 6.07) is 0. The summed E-state index contributed by atoms with van der Waals surface area (Å²) in [7, 11) is 1.87. The summed E-state index contributed by atoms with van der Waals surface area (Å²) in [5.41, 5.74) is -0.737. The minimum absolute atomic E-state index is 0.0934. The van der Waals surface area contributed by atoms with Crippen molar-refractivity contribution in [3.63, 3.8) is 0 Å². The van der Waals surface area contributed by atoms with Crippen LogP contribution >= 0.6 is 0 Å². The van der Waals surface area contributed by atoms with Gasteiger partial charge in [-0.25, -0.2) is 0 Å². The lowest BCUT2D eigenvalue weighted by molar-refractivity contribution is -0.137. The standard InChI is InChI=1S/C15H27NO3/c1-16(12-13-5-9-19-10-6-13)14(17)11-15(18)7-3-2-4-8-15/h13,18H,2-12H2,1H3. The number of hydrogen-bond donors (Lipinski definition) is 1. The van der Waals surface area contributed by atoms with Crippen molar-refractivity contribution in [3.8, 4) is 0 Å². The lowest BCUT2D eigenvalue weighted by atomic mass is 9.82. The van der Waals surface area contributed by atoms with E-state index >= 15 is 0 Å². The maximum atomic E-state index is 12.2. The molecule has 0 spiro atoms. The molecule has 0 aromatic heterocycles. The molecular weight excluding hydrogens is 242 g/mol. The van der Waals surface area contributed by atoms with Crippen LogP contribution in [0.25, 0.3) is 0 Å². The molecule has 110 valence electrons. The number of carbonyl (C=O) groups is 1. The van der Waals surface area contributed by atoms with E-state index in [1.165, 1.54) is 6.42 Å². The van der Waals surface area contributed by atoms with Gasteiger partial charge < -0.3 is 14.7 Å². The fourth-order valence-corrected chi connectivity index (χ4v) is 3.22. The topological polar surface area (TPSA) is 49.8 Å². The van der Waals surface area contributed by atoms with E-state index in [9.17, 15) is 9.90 Å². The van der Waals surface area contributed by atoms with Crippen molar-refractivity contribution in [2.45, 2.75) is 57.0 Å². The molecule has 1 heterocycles. The van der Waals surface area contributed by atoms with Gasteiger partial charge in [-0.3, -0.25) is 4.79 Å². The molecule has 0 aromatic carbocycles. The average molecular weight is 269 g/mol. The summed E-state index contributed by atoms with van der Waals surface area (Å²) in [5, 5.41) is 10.4. The fraction of sp³-hybridized carbons (Fsp3) is 0.933. The first-order valence-corrected chi connectivity index (χ1v) is 7.63. The molecule has 0 bridgehead atoms. The van der Waals surface area contributed by atoms with E-state index in [0.717, 1.165) is 58.3 Å². The quantitative estimate of drug-likeness (QED) is 0.848. The summed E-state index contributed by atoms with van der Waals surface area (Å²) >= 11 is 0. The normalized spacial score (nSPS) is 24.1. The minimum atomic E-state index is -0.737. The van der Waals surface area contributed by atoms with Gasteiger partial charge in [-0.1, -0.05) is 19.3 Å². The van der Waals surface area contributed by atoms with Gasteiger partial charge >= 0.3 is 0 Å². The van der Waals surface area contributed by atoms with Crippen LogP contribution in [-0.2, 0) is 9.53 Å². The van der Waals surface area contributed by atoms with Crippen molar-refractivity contribution in [2.75, 3.05) is 26.8 Å². The number of nitrogens with zero attached hydrogens (tertiary/aromatic N) is 1. The Morgan fingerprint density at radius 2 is 1.89 bits per heavy atom. The molecule has 4 heteroatoms. The van der Waals surface area contributed by atoms with Gasteiger partial charge in [0.05, 0.1) is 12.0 Å². The average Bonchev–Trinajstić information content (AvgIpc) is 2.40. The highest BCUT2D eigenvalue weighted by molar-refractivity contribution is 5.77. The molecule has 1 aliphatic heterocycles. The first-order valence-electron chi connectivity index (χ1n) is 7.63. The largest absolute Gasteiger partial charge is 0.389 e. The molecule has 19 heavy (non-hydrogen) atoms. The molecule has 1 aliphatic carbocycles. The number of amides is 1. The highest BCUT2D eigenvalue weighted by atomic mass is 16.5. The summed E-state index contributed by atoms with van der Waals surface area (Å²) in [5.74, 6) is 0.652. The second-order valence-electron chi connectivity index (χ2n) is 6.29. The Hall–Kier alpha value is -0.610. The lowest BCUT2D eigenvalue weighted by Gasteiger charge is -2.34. The Balaban J connectivity index is 1.77. The molecule has 0 radical (unpaired) electrons. The Bertz CT molecular complexity index is 294. The van der Waals surface area contributed by atoms with Crippen molar-refractivity contribution < 1.29 is 14.6 Å². The first kappa shape index (κ1) is 14.8. The molecule has 4 nitrogen and oxygen atoms in total. The molecule has 0 atom stereocenters. The zero-order chi connectivity index (χ0) is 13.7. The van der Waals surface area contributed by atoms with Crippen LogP contribution in [0, 0.1) is 5.92 Å². The maximum Gasteiger partial charge on any atom is 0.225 e. The van der Waals surface area contributed by atoms with Crippen LogP contribution < -0.4 is 0 Å². The number of ether oxygens (including phenoxy) is 1. The van der Waals surface area contributed by atoms with Crippen LogP contribution in [0.1, 0.15) is 51.4 Å². The zero-order valence-electron chi connectivity index (χ0n) is 12.1. The van der Waals surface area contributed by atoms with Crippen LogP contribution in [0.3, 0.4) is 0 Å². The predicted octanol–water partition coefficient (Wildman–Crippen LogP) is 1.96. The highest BCUT2D eigenvalue weighted by Gasteiger charge is 2.33. The SMILES string of the molecule is CN(CC1CCOCC1)C(=O)CC1(O)CCCCC1. The molecular formula is C15H27NO3. The van der Waals surface area contributed by atoms with Crippen molar-refractivity contribution in [1.82, 2.24) is 4.90 Å². The molecule has 2 aliphatic rings. The molecule has 0 unspecified atom stereocenters. The van der Waals surface area contributed by atoms with Crippen molar-refractivity contribution in [3.05, 3.63) is 0 Å². The third-order valence-corrected chi connectivity index (χ3v) is 4.56. The third kappa shape index (κ3) is 4.46. The predicted molar refractivity (Wildman–Crippen MR) is 73.8 cm³/mol. The zero-order valence-corrected chi connectivity index (χ0v) is 12.1. The van der Waals surface area contributed by atoms with Gasteiger partial charge in [0.25, 0.3) is 0 Å². The second kappa shape index (κ2) is 6.71. The summed E-state index contributed by atoms with van der Waals surface area (Å²) in [4.78, 5) is 14.0. The second-order valence-corrected chi connectivity index (χ2v) is 6.29. The minimum Gasteiger partial charge on any atom is -0.389 e. The molecule has 1 N–H and O–H groups in total. The van der Waals surface area contributed by atoms with Gasteiger partial charge in [0.15, 0.2) is 0 Å². The van der Waals surface area contributed by atoms with Gasteiger partial charge in [-0.2, -0.15) is 0 Å². The Labute approximate surface area is 116 Å². The van der Waals surface area contributed by atoms with Crippen molar-refractivity contribution in [1.29, 1.82) is 0 Å². The molecule has 1 amide bonds. The fourth-order valence-electron chi connectivity index (χ4n) is 3.22. The third-order valence-electron chi connectivity index (χ3n) is 4.56. The maximum absolute atomic E-state index is 12.2. The van der Waals surface area contributed by atoms with E-state index in [-0.39, 0.29) is 5.91 Å². The van der Waals surface area contributed by atoms with E-state index in [1.54, 1.807) is 0 Å². The smallest absolute Gasteiger partial charge is 0.225 e. The Kier molecular flexibility index (Phi) is 5.22. The van der Waals surface area contributed by atoms with Gasteiger partial charge in [0, 0.05) is 26.8 Å². The van der Waals surface area contributed by atoms with Crippen molar-refractivity contribution in [2.24, 2.45) is 5.92 Å². The van der Waals surface area contributed by atoms with E-state index < -0.39 is 5.60 Å². The Morgan fingerprint density at radius 3 is 2.53 bits per heavy atom. The van der Waals surface area contributed by atoms with Crippen LogP contribution in [0.15, 0.2) is 0 Å². The summed E-state index contributed by atoms with van der Waals surface area (Å²) in [6.45, 7) is 2.44. The molecule has 2 fully saturated rings. The lowest BCUT2D eigenvalue weighted by Crippen LogP contribution is -2.41. The molecule has 1 saturated heterocycles. The molecule has 1 saturated carbocycles. The van der Waals surface area contributed by atoms with Gasteiger partial charge in [0.1, 0.15) is 0 Å². The number of hydrogen-bond acceptors (Lipinski definition) is 3. The van der Waals surface area contributed by atoms with Crippen LogP contribution in [0.2, 0.25) is 0 Å². The number of carbonyl (C=O) groups excluding carboxylic acids is 1. The van der Waals surface area contributed by atoms with Gasteiger partial charge in [-0.15, -0.1) is 0 Å². The number of rotatable bonds is 4. The van der Waals surface area contributed by atoms with E-state index in [2.05, 4.69) is 0 Å². The van der Waals surface area contributed by atoms with Crippen LogP contribution in [0.5, 0.6) is 0 Å². The van der Waals surface area contributed by atoms with E-state index in [4.69, 9.17) is 4.74 Å². The molecule has 0 aromatic rings.